The third-order valence-electron chi connectivity index (χ3n) is 5.35. The Kier molecular flexibility index (Phi) is 6.81. The molecule has 2 heterocycles. The number of fused-ring (bicyclic) bond motifs is 1. The number of hydrogen-bond acceptors (Lipinski definition) is 7. The van der Waals surface area contributed by atoms with E-state index in [2.05, 4.69) is 10.3 Å². The van der Waals surface area contributed by atoms with Crippen LogP contribution < -0.4 is 21.7 Å². The van der Waals surface area contributed by atoms with Crippen molar-refractivity contribution in [3.63, 3.8) is 0 Å². The molecule has 10 nitrogen and oxygen atoms in total. The van der Waals surface area contributed by atoms with Gasteiger partial charge in [0.25, 0.3) is 5.56 Å². The number of thioether (sulfide) groups is 1. The molecular weight excluding hydrogens is 494 g/mol. The van der Waals surface area contributed by atoms with Crippen LogP contribution in [0.4, 0.5) is 5.69 Å². The van der Waals surface area contributed by atoms with Gasteiger partial charge in [-0.25, -0.2) is 9.78 Å². The Labute approximate surface area is 207 Å². The second-order valence-corrected chi connectivity index (χ2v) is 8.97. The average Bonchev–Trinajstić information content (AvgIpc) is 3.20. The summed E-state index contributed by atoms with van der Waals surface area (Å²) in [6, 6.07) is 13.0. The van der Waals surface area contributed by atoms with Gasteiger partial charge in [-0.2, -0.15) is 0 Å². The second-order valence-electron chi connectivity index (χ2n) is 7.62. The number of carboxylic acid groups (broad SMARTS) is 1. The van der Waals surface area contributed by atoms with E-state index in [4.69, 9.17) is 11.6 Å². The summed E-state index contributed by atoms with van der Waals surface area (Å²) < 4.78 is 3.87. The smallest absolute Gasteiger partial charge is 0.332 e. The molecule has 12 heteroatoms. The van der Waals surface area contributed by atoms with Crippen LogP contribution in [-0.2, 0) is 25.4 Å². The number of aromatic carboxylic acids is 1. The van der Waals surface area contributed by atoms with Gasteiger partial charge in [-0.3, -0.25) is 18.7 Å². The molecule has 0 spiro atoms. The highest BCUT2D eigenvalue weighted by Crippen LogP contribution is 2.25. The van der Waals surface area contributed by atoms with E-state index in [0.717, 1.165) is 21.9 Å². The average molecular weight is 513 g/mol. The lowest BCUT2D eigenvalue weighted by Crippen LogP contribution is -2.37. The molecule has 0 aliphatic heterocycles. The number of para-hydroxylation sites is 1. The Hall–Kier alpha value is -3.83. The van der Waals surface area contributed by atoms with Gasteiger partial charge in [-0.1, -0.05) is 59.8 Å². The lowest BCUT2D eigenvalue weighted by Gasteiger charge is -2.12. The van der Waals surface area contributed by atoms with E-state index in [0.29, 0.717) is 10.2 Å². The first-order valence-electron chi connectivity index (χ1n) is 10.3. The van der Waals surface area contributed by atoms with Crippen LogP contribution in [-0.4, -0.2) is 36.3 Å². The lowest BCUT2D eigenvalue weighted by molar-refractivity contribution is -0.254. The highest BCUT2D eigenvalue weighted by atomic mass is 35.5. The van der Waals surface area contributed by atoms with Crippen molar-refractivity contribution in [2.75, 3.05) is 11.1 Å². The van der Waals surface area contributed by atoms with E-state index in [1.807, 2.05) is 6.07 Å². The maximum Gasteiger partial charge on any atom is 0.332 e. The van der Waals surface area contributed by atoms with E-state index in [1.165, 1.54) is 36.9 Å². The summed E-state index contributed by atoms with van der Waals surface area (Å²) >= 11 is 7.37. The zero-order valence-electron chi connectivity index (χ0n) is 18.6. The third kappa shape index (κ3) is 4.73. The van der Waals surface area contributed by atoms with Gasteiger partial charge in [-0.05, 0) is 17.7 Å². The van der Waals surface area contributed by atoms with Gasteiger partial charge in [0, 0.05) is 30.4 Å². The van der Waals surface area contributed by atoms with Gasteiger partial charge >= 0.3 is 5.69 Å². The molecule has 0 radical (unpaired) electrons. The van der Waals surface area contributed by atoms with Crippen molar-refractivity contribution in [2.45, 2.75) is 11.7 Å². The molecule has 0 atom stereocenters. The van der Waals surface area contributed by atoms with E-state index in [-0.39, 0.29) is 34.7 Å². The van der Waals surface area contributed by atoms with Gasteiger partial charge in [0.1, 0.15) is 0 Å². The summed E-state index contributed by atoms with van der Waals surface area (Å²) in [4.78, 5) is 53.8. The molecule has 0 saturated heterocycles. The van der Waals surface area contributed by atoms with Crippen LogP contribution in [0.3, 0.4) is 0 Å². The number of imidazole rings is 1. The number of benzene rings is 2. The Morgan fingerprint density at radius 3 is 2.46 bits per heavy atom. The van der Waals surface area contributed by atoms with Crippen LogP contribution in [0.25, 0.3) is 11.2 Å². The molecule has 0 aliphatic rings. The lowest BCUT2D eigenvalue weighted by atomic mass is 10.2. The first-order chi connectivity index (χ1) is 16.7. The van der Waals surface area contributed by atoms with Crippen molar-refractivity contribution in [3.05, 3.63) is 85.5 Å². The van der Waals surface area contributed by atoms with E-state index >= 15 is 0 Å². The molecule has 0 bridgehead atoms. The number of aryl methyl sites for hydroxylation is 1. The zero-order valence-corrected chi connectivity index (χ0v) is 20.2. The zero-order chi connectivity index (χ0) is 25.3. The third-order valence-corrected chi connectivity index (χ3v) is 6.70. The molecular formula is C23H19ClN5O5S-. The predicted molar refractivity (Wildman–Crippen MR) is 131 cm³/mol. The maximum atomic E-state index is 13.0. The van der Waals surface area contributed by atoms with Gasteiger partial charge in [0.05, 0.1) is 18.3 Å². The number of nitrogens with zero attached hydrogens (tertiary/aromatic N) is 4. The molecule has 2 aromatic carbocycles. The summed E-state index contributed by atoms with van der Waals surface area (Å²) in [5.41, 5.74) is 0.00259. The molecule has 4 rings (SSSR count). The maximum absolute atomic E-state index is 13.0. The van der Waals surface area contributed by atoms with Crippen LogP contribution in [0.2, 0.25) is 5.02 Å². The second kappa shape index (κ2) is 9.80. The van der Waals surface area contributed by atoms with Crippen molar-refractivity contribution >= 4 is 52.1 Å². The highest BCUT2D eigenvalue weighted by molar-refractivity contribution is 7.99. The number of carbonyl (C=O) groups excluding carboxylic acids is 2. The SMILES string of the molecule is Cn1c(=O)c2c(nc(SCC(=O)Nc3ccccc3C(=O)[O-])n2Cc2ccccc2Cl)n(C)c1=O. The number of rotatable bonds is 7. The molecule has 0 saturated carbocycles. The summed E-state index contributed by atoms with van der Waals surface area (Å²) in [5, 5.41) is 14.7. The summed E-state index contributed by atoms with van der Waals surface area (Å²) in [6.45, 7) is 0.182. The fourth-order valence-electron chi connectivity index (χ4n) is 3.57. The number of amides is 1. The van der Waals surface area contributed by atoms with Gasteiger partial charge < -0.3 is 19.8 Å². The van der Waals surface area contributed by atoms with Gasteiger partial charge in [0.2, 0.25) is 5.91 Å². The first-order valence-corrected chi connectivity index (χ1v) is 11.7. The van der Waals surface area contributed by atoms with Crippen LogP contribution in [0.5, 0.6) is 0 Å². The largest absolute Gasteiger partial charge is 0.545 e. The molecule has 35 heavy (non-hydrogen) atoms. The predicted octanol–water partition coefficient (Wildman–Crippen LogP) is 1.23. The first kappa shape index (κ1) is 24.3. The number of carboxylic acids is 1. The fraction of sp³-hybridized carbons (Fsp3) is 0.174. The number of aromatic nitrogens is 4. The number of halogens is 1. The number of carbonyl (C=O) groups is 2. The van der Waals surface area contributed by atoms with E-state index < -0.39 is 23.1 Å². The van der Waals surface area contributed by atoms with Crippen molar-refractivity contribution < 1.29 is 14.7 Å². The van der Waals surface area contributed by atoms with Crippen molar-refractivity contribution in [3.8, 4) is 0 Å². The van der Waals surface area contributed by atoms with Crippen molar-refractivity contribution in [1.29, 1.82) is 0 Å². The molecule has 0 unspecified atom stereocenters. The molecule has 1 N–H and O–H groups in total. The van der Waals surface area contributed by atoms with Gasteiger partial charge in [0.15, 0.2) is 16.3 Å². The summed E-state index contributed by atoms with van der Waals surface area (Å²) in [5.74, 6) is -2.03. The van der Waals surface area contributed by atoms with Crippen LogP contribution in [0.1, 0.15) is 15.9 Å². The minimum atomic E-state index is -1.41. The minimum absolute atomic E-state index is 0.110. The Morgan fingerprint density at radius 2 is 1.74 bits per heavy atom. The normalized spacial score (nSPS) is 11.1. The molecule has 1 amide bonds. The molecule has 2 aromatic heterocycles. The quantitative estimate of drug-likeness (QED) is 0.368. The van der Waals surface area contributed by atoms with Crippen molar-refractivity contribution in [1.82, 2.24) is 18.7 Å². The van der Waals surface area contributed by atoms with Gasteiger partial charge in [-0.15, -0.1) is 0 Å². The van der Waals surface area contributed by atoms with E-state index in [9.17, 15) is 24.3 Å². The van der Waals surface area contributed by atoms with Crippen molar-refractivity contribution in [2.24, 2.45) is 14.1 Å². The molecule has 4 aromatic rings. The van der Waals surface area contributed by atoms with E-state index in [1.54, 1.807) is 28.8 Å². The van der Waals surface area contributed by atoms with Crippen LogP contribution in [0, 0.1) is 0 Å². The number of hydrogen-bond donors (Lipinski definition) is 1. The Balaban J connectivity index is 1.71. The molecule has 0 fully saturated rings. The number of nitrogens with one attached hydrogen (secondary N) is 1. The highest BCUT2D eigenvalue weighted by Gasteiger charge is 2.21. The summed E-state index contributed by atoms with van der Waals surface area (Å²) in [7, 11) is 2.89. The minimum Gasteiger partial charge on any atom is -0.545 e. The molecule has 0 aliphatic carbocycles. The topological polar surface area (TPSA) is 131 Å². The molecule has 180 valence electrons. The Bertz CT molecular complexity index is 1590. The Morgan fingerprint density at radius 1 is 1.06 bits per heavy atom. The monoisotopic (exact) mass is 512 g/mol. The fourth-order valence-corrected chi connectivity index (χ4v) is 4.56. The summed E-state index contributed by atoms with van der Waals surface area (Å²) in [6.07, 6.45) is 0. The number of anilines is 1. The van der Waals surface area contributed by atoms with Crippen LogP contribution >= 0.6 is 23.4 Å². The van der Waals surface area contributed by atoms with Crippen LogP contribution in [0.15, 0.2) is 63.3 Å². The standard InChI is InChI=1S/C23H20ClN5O5S/c1-27-19-18(20(31)28(2)23(27)34)29(11-13-7-3-5-9-15(13)24)22(26-19)35-12-17(30)25-16-10-6-4-8-14(16)21(32)33/h3-10H,11-12H2,1-2H3,(H,25,30)(H,32,33)/p-1.